The summed E-state index contributed by atoms with van der Waals surface area (Å²) >= 11 is 7.05. The molecule has 1 amide bonds. The predicted octanol–water partition coefficient (Wildman–Crippen LogP) is 2.30. The van der Waals surface area contributed by atoms with Crippen LogP contribution in [0.4, 0.5) is 5.69 Å². The van der Waals surface area contributed by atoms with E-state index in [1.165, 1.54) is 7.11 Å². The molecule has 4 rings (SSSR count). The van der Waals surface area contributed by atoms with E-state index in [0.717, 1.165) is 34.1 Å². The number of ether oxygens (including phenoxy) is 2. The number of carbonyl (C=O) groups excluding carboxylic acids is 2. The average molecular weight is 571 g/mol. The number of halogens is 1. The Kier molecular flexibility index (Phi) is 9.57. The Morgan fingerprint density at radius 3 is 2.58 bits per heavy atom. The van der Waals surface area contributed by atoms with E-state index in [2.05, 4.69) is 10.7 Å². The Hall–Kier alpha value is -3.73. The molecule has 0 radical (unpaired) electrons. The lowest BCUT2D eigenvalue weighted by molar-refractivity contribution is -0.281. The molecule has 0 saturated carbocycles. The number of alkyl halides is 1. The lowest BCUT2D eigenvalue weighted by atomic mass is 10.0. The maximum absolute atomic E-state index is 14.0. The summed E-state index contributed by atoms with van der Waals surface area (Å²) < 4.78 is 11.9. The van der Waals surface area contributed by atoms with E-state index in [-0.39, 0.29) is 30.3 Å². The zero-order valence-corrected chi connectivity index (χ0v) is 23.6. The number of hydrazine groups is 2. The smallest absolute Gasteiger partial charge is 0.313 e. The largest absolute Gasteiger partial charge is 0.472 e. The Labute approximate surface area is 239 Å². The number of methoxy groups -OCH3 is 1. The molecular formula is C28H35ClN6O5. The van der Waals surface area contributed by atoms with Crippen molar-refractivity contribution in [3.05, 3.63) is 83.6 Å². The minimum Gasteiger partial charge on any atom is -0.472 e. The van der Waals surface area contributed by atoms with Crippen molar-refractivity contribution in [3.8, 4) is 0 Å². The number of benzene rings is 2. The Bertz CT molecular complexity index is 1240. The van der Waals surface area contributed by atoms with Gasteiger partial charge in [0, 0.05) is 45.0 Å². The summed E-state index contributed by atoms with van der Waals surface area (Å²) in [6, 6.07) is 17.2. The summed E-state index contributed by atoms with van der Waals surface area (Å²) in [7, 11) is 1.36. The van der Waals surface area contributed by atoms with E-state index in [4.69, 9.17) is 31.6 Å². The van der Waals surface area contributed by atoms with E-state index in [1.54, 1.807) is 5.94 Å². The number of carbonyl (C=O) groups is 1. The van der Waals surface area contributed by atoms with E-state index in [1.807, 2.05) is 73.3 Å². The molecule has 2 unspecified atom stereocenters. The van der Waals surface area contributed by atoms with Gasteiger partial charge in [-0.1, -0.05) is 59.2 Å². The van der Waals surface area contributed by atoms with E-state index < -0.39 is 11.0 Å². The Morgan fingerprint density at radius 2 is 1.93 bits per heavy atom. The quantitative estimate of drug-likeness (QED) is 0.161. The zero-order chi connectivity index (χ0) is 28.7. The minimum absolute atomic E-state index is 0.0246. The van der Waals surface area contributed by atoms with Crippen LogP contribution in [0.25, 0.3) is 0 Å². The first-order valence-corrected chi connectivity index (χ1v) is 13.4. The summed E-state index contributed by atoms with van der Waals surface area (Å²) in [5.41, 5.74) is 11.9. The van der Waals surface area contributed by atoms with Crippen molar-refractivity contribution in [2.75, 3.05) is 32.5 Å². The zero-order valence-electron chi connectivity index (χ0n) is 22.8. The van der Waals surface area contributed by atoms with Crippen LogP contribution in [0.3, 0.4) is 0 Å². The Morgan fingerprint density at radius 1 is 1.20 bits per heavy atom. The molecule has 2 aromatic carbocycles. The maximum atomic E-state index is 14.0. The Balaban J connectivity index is 1.72. The monoisotopic (exact) mass is 570 g/mol. The molecule has 2 heterocycles. The molecule has 214 valence electrons. The number of hydroxylamine groups is 1. The second kappa shape index (κ2) is 13.1. The van der Waals surface area contributed by atoms with Gasteiger partial charge in [0.25, 0.3) is 10.9 Å². The normalized spacial score (nSPS) is 21.5. The molecule has 0 aromatic heterocycles. The second-order valence-corrected chi connectivity index (χ2v) is 10.2. The molecule has 0 bridgehead atoms. The molecule has 12 heteroatoms. The van der Waals surface area contributed by atoms with Gasteiger partial charge in [0.05, 0.1) is 6.10 Å². The molecule has 0 aliphatic carbocycles. The van der Waals surface area contributed by atoms with Gasteiger partial charge in [-0.15, -0.1) is 5.12 Å². The molecule has 40 heavy (non-hydrogen) atoms. The van der Waals surface area contributed by atoms with Gasteiger partial charge >= 0.3 is 5.91 Å². The van der Waals surface area contributed by atoms with Gasteiger partial charge in [0.1, 0.15) is 5.70 Å². The predicted molar refractivity (Wildman–Crippen MR) is 150 cm³/mol. The van der Waals surface area contributed by atoms with Gasteiger partial charge in [-0.05, 0) is 43.5 Å². The second-order valence-electron chi connectivity index (χ2n) is 9.71. The van der Waals surface area contributed by atoms with Crippen LogP contribution >= 0.6 is 11.6 Å². The number of piperazine rings is 1. The van der Waals surface area contributed by atoms with Crippen LogP contribution in [0.1, 0.15) is 25.0 Å². The summed E-state index contributed by atoms with van der Waals surface area (Å²) in [4.78, 5) is 32.7. The first-order valence-electron chi connectivity index (χ1n) is 13.0. The van der Waals surface area contributed by atoms with Gasteiger partial charge in [-0.2, -0.15) is 0 Å². The SMILES string of the molecule is COC1(Cl)C(=O)N(NCc2ccccc2)N(OC=C=O)C(OC(C)C)=C1N1CCNC(Cc2ccc(N)cc2)C1. The van der Waals surface area contributed by atoms with E-state index in [0.29, 0.717) is 25.3 Å². The highest BCUT2D eigenvalue weighted by Crippen LogP contribution is 2.40. The highest BCUT2D eigenvalue weighted by atomic mass is 35.5. The molecule has 2 aromatic rings. The summed E-state index contributed by atoms with van der Waals surface area (Å²) in [6.45, 7) is 5.54. The van der Waals surface area contributed by atoms with Crippen LogP contribution in [-0.2, 0) is 36.9 Å². The number of nitrogens with two attached hydrogens (primary N) is 1. The minimum atomic E-state index is -1.96. The van der Waals surface area contributed by atoms with Crippen molar-refractivity contribution in [2.24, 2.45) is 0 Å². The summed E-state index contributed by atoms with van der Waals surface area (Å²) in [5.74, 6) is 1.01. The van der Waals surface area contributed by atoms with Crippen LogP contribution in [0, 0.1) is 0 Å². The standard InChI is InChI=1S/C28H35ClN6O5/c1-20(2)40-26-25(33-14-13-31-24(19-33)17-21-9-11-23(30)12-10-21)28(29,38-3)27(37)34(35(26)39-16-15-36)32-18-22-7-5-4-6-8-22/h4-12,16,20,24,31-32H,13-14,17-19,30H2,1-3H3. The third-order valence-electron chi connectivity index (χ3n) is 6.47. The molecule has 4 N–H and O–H groups in total. The van der Waals surface area contributed by atoms with Crippen LogP contribution in [0.15, 0.2) is 72.4 Å². The third-order valence-corrected chi connectivity index (χ3v) is 6.96. The van der Waals surface area contributed by atoms with Gasteiger partial charge in [-0.25, -0.2) is 10.2 Å². The van der Waals surface area contributed by atoms with Crippen molar-refractivity contribution < 1.29 is 23.9 Å². The average Bonchev–Trinajstić information content (AvgIpc) is 2.95. The molecular weight excluding hydrogens is 536 g/mol. The first-order chi connectivity index (χ1) is 19.3. The molecule has 2 atom stereocenters. The van der Waals surface area contributed by atoms with Crippen molar-refractivity contribution >= 4 is 29.1 Å². The first kappa shape index (κ1) is 29.3. The number of nitrogens with zero attached hydrogens (tertiary/aromatic N) is 3. The number of nitrogen functional groups attached to an aromatic ring is 1. The van der Waals surface area contributed by atoms with Crippen molar-refractivity contribution in [1.29, 1.82) is 0 Å². The molecule has 11 nitrogen and oxygen atoms in total. The van der Waals surface area contributed by atoms with E-state index in [9.17, 15) is 9.59 Å². The van der Waals surface area contributed by atoms with Gasteiger partial charge in [-0.3, -0.25) is 4.79 Å². The van der Waals surface area contributed by atoms with Gasteiger partial charge < -0.3 is 30.3 Å². The van der Waals surface area contributed by atoms with E-state index >= 15 is 0 Å². The van der Waals surface area contributed by atoms with Crippen LogP contribution < -0.4 is 16.5 Å². The molecule has 2 aliphatic heterocycles. The number of amides is 1. The fraction of sp³-hybridized carbons (Fsp3) is 0.393. The van der Waals surface area contributed by atoms with Crippen molar-refractivity contribution in [2.45, 2.75) is 44.0 Å². The lowest BCUT2D eigenvalue weighted by Crippen LogP contribution is -2.67. The number of hydrogen-bond acceptors (Lipinski definition) is 10. The molecule has 2 aliphatic rings. The van der Waals surface area contributed by atoms with Crippen molar-refractivity contribution in [3.63, 3.8) is 0 Å². The third kappa shape index (κ3) is 6.52. The fourth-order valence-corrected chi connectivity index (χ4v) is 4.93. The number of anilines is 1. The highest BCUT2D eigenvalue weighted by molar-refractivity contribution is 6.36. The number of hydrogen-bond donors (Lipinski definition) is 3. The van der Waals surface area contributed by atoms with Crippen molar-refractivity contribution in [1.82, 2.24) is 25.9 Å². The van der Waals surface area contributed by atoms with Gasteiger partial charge in [0.15, 0.2) is 5.94 Å². The maximum Gasteiger partial charge on any atom is 0.313 e. The summed E-state index contributed by atoms with van der Waals surface area (Å²) in [6.07, 6.45) is 1.17. The summed E-state index contributed by atoms with van der Waals surface area (Å²) in [5, 5.41) is 3.69. The number of rotatable bonds is 11. The fourth-order valence-electron chi connectivity index (χ4n) is 4.65. The van der Waals surface area contributed by atoms with Crippen LogP contribution in [-0.4, -0.2) is 71.0 Å². The van der Waals surface area contributed by atoms with Crippen LogP contribution in [0.5, 0.6) is 0 Å². The molecule has 1 fully saturated rings. The van der Waals surface area contributed by atoms with Gasteiger partial charge in [0.2, 0.25) is 6.26 Å². The lowest BCUT2D eigenvalue weighted by Gasteiger charge is -2.48. The topological polar surface area (TPSA) is 122 Å². The molecule has 1 saturated heterocycles. The van der Waals surface area contributed by atoms with Crippen LogP contribution in [0.2, 0.25) is 0 Å². The number of nitrogens with one attached hydrogen (secondary N) is 2. The highest BCUT2D eigenvalue weighted by Gasteiger charge is 2.56. The molecule has 0 spiro atoms.